The first-order valence-electron chi connectivity index (χ1n) is 8.23. The van der Waals surface area contributed by atoms with Gasteiger partial charge >= 0.3 is 0 Å². The first-order valence-corrected chi connectivity index (χ1v) is 8.23. The van der Waals surface area contributed by atoms with E-state index in [4.69, 9.17) is 0 Å². The number of hydrogen-bond acceptors (Lipinski definition) is 2. The number of halogens is 1. The van der Waals surface area contributed by atoms with Crippen LogP contribution in [-0.4, -0.2) is 28.8 Å². The van der Waals surface area contributed by atoms with Crippen LogP contribution in [0.25, 0.3) is 0 Å². The Morgan fingerprint density at radius 3 is 2.43 bits per heavy atom. The lowest BCUT2D eigenvalue weighted by molar-refractivity contribution is -0.140. The van der Waals surface area contributed by atoms with Crippen molar-refractivity contribution in [3.63, 3.8) is 0 Å². The van der Waals surface area contributed by atoms with Gasteiger partial charge in [-0.1, -0.05) is 32.0 Å². The largest absolute Gasteiger partial charge is 0.352 e. The van der Waals surface area contributed by atoms with E-state index in [2.05, 4.69) is 5.32 Å². The number of nitrogens with zero attached hydrogens (tertiary/aromatic N) is 1. The highest BCUT2D eigenvalue weighted by Gasteiger charge is 2.26. The van der Waals surface area contributed by atoms with Gasteiger partial charge in [0.1, 0.15) is 11.9 Å². The molecule has 4 nitrogen and oxygen atoms in total. The van der Waals surface area contributed by atoms with Crippen LogP contribution < -0.4 is 5.32 Å². The molecule has 0 heterocycles. The molecule has 1 aromatic rings. The maximum absolute atomic E-state index is 13.9. The SMILES string of the molecule is CCCC(=O)N(Cc1ccccc1F)C(C)C(=O)NC(C)CC. The Hall–Kier alpha value is -1.91. The predicted molar refractivity (Wildman–Crippen MR) is 89.2 cm³/mol. The van der Waals surface area contributed by atoms with Crippen molar-refractivity contribution < 1.29 is 14.0 Å². The van der Waals surface area contributed by atoms with Gasteiger partial charge in [-0.25, -0.2) is 4.39 Å². The van der Waals surface area contributed by atoms with Crippen molar-refractivity contribution in [1.82, 2.24) is 10.2 Å². The fourth-order valence-electron chi connectivity index (χ4n) is 2.22. The molecule has 23 heavy (non-hydrogen) atoms. The van der Waals surface area contributed by atoms with Gasteiger partial charge in [-0.15, -0.1) is 0 Å². The second-order valence-electron chi connectivity index (χ2n) is 5.86. The highest BCUT2D eigenvalue weighted by atomic mass is 19.1. The molecule has 5 heteroatoms. The molecule has 0 saturated heterocycles. The van der Waals surface area contributed by atoms with Gasteiger partial charge in [0.15, 0.2) is 0 Å². The average Bonchev–Trinajstić information content (AvgIpc) is 2.53. The van der Waals surface area contributed by atoms with E-state index in [9.17, 15) is 14.0 Å². The summed E-state index contributed by atoms with van der Waals surface area (Å²) < 4.78 is 13.9. The average molecular weight is 322 g/mol. The van der Waals surface area contributed by atoms with Crippen LogP contribution in [0.1, 0.15) is 52.5 Å². The van der Waals surface area contributed by atoms with Crippen LogP contribution in [0.4, 0.5) is 4.39 Å². The van der Waals surface area contributed by atoms with E-state index >= 15 is 0 Å². The van der Waals surface area contributed by atoms with E-state index in [-0.39, 0.29) is 30.2 Å². The van der Waals surface area contributed by atoms with E-state index in [0.29, 0.717) is 18.4 Å². The Balaban J connectivity index is 2.94. The third-order valence-electron chi connectivity index (χ3n) is 3.93. The zero-order valence-electron chi connectivity index (χ0n) is 14.4. The number of rotatable bonds is 8. The minimum absolute atomic E-state index is 0.0431. The maximum atomic E-state index is 13.9. The standard InChI is InChI=1S/C18H27FN2O2/c1-5-9-17(22)21(12-15-10-7-8-11-16(15)19)14(4)18(23)20-13(3)6-2/h7-8,10-11,13-14H,5-6,9,12H2,1-4H3,(H,20,23). The molecular formula is C18H27FN2O2. The van der Waals surface area contributed by atoms with Crippen molar-refractivity contribution >= 4 is 11.8 Å². The third-order valence-corrected chi connectivity index (χ3v) is 3.93. The van der Waals surface area contributed by atoms with Gasteiger partial charge in [-0.05, 0) is 32.8 Å². The lowest BCUT2D eigenvalue weighted by Crippen LogP contribution is -2.49. The van der Waals surface area contributed by atoms with Crippen molar-refractivity contribution in [2.75, 3.05) is 0 Å². The fourth-order valence-corrected chi connectivity index (χ4v) is 2.22. The number of hydrogen-bond donors (Lipinski definition) is 1. The highest BCUT2D eigenvalue weighted by Crippen LogP contribution is 2.14. The quantitative estimate of drug-likeness (QED) is 0.798. The molecule has 2 amide bonds. The first kappa shape index (κ1) is 19.1. The normalized spacial score (nSPS) is 13.3. The Labute approximate surface area is 138 Å². The summed E-state index contributed by atoms with van der Waals surface area (Å²) in [6, 6.07) is 5.74. The number of nitrogens with one attached hydrogen (secondary N) is 1. The van der Waals surface area contributed by atoms with Crippen LogP contribution in [0.15, 0.2) is 24.3 Å². The van der Waals surface area contributed by atoms with Gasteiger partial charge in [0.2, 0.25) is 11.8 Å². The molecular weight excluding hydrogens is 295 g/mol. The van der Waals surface area contributed by atoms with Crippen LogP contribution in [-0.2, 0) is 16.1 Å². The van der Waals surface area contributed by atoms with Crippen molar-refractivity contribution in [3.8, 4) is 0 Å². The molecule has 128 valence electrons. The van der Waals surface area contributed by atoms with Crippen LogP contribution in [0.2, 0.25) is 0 Å². The second-order valence-corrected chi connectivity index (χ2v) is 5.86. The molecule has 0 aliphatic carbocycles. The third kappa shape index (κ3) is 5.66. The number of carbonyl (C=O) groups excluding carboxylic acids is 2. The Bertz CT molecular complexity index is 534. The summed E-state index contributed by atoms with van der Waals surface area (Å²) in [5, 5.41) is 2.88. The smallest absolute Gasteiger partial charge is 0.242 e. The van der Waals surface area contributed by atoms with E-state index in [1.165, 1.54) is 11.0 Å². The number of carbonyl (C=O) groups is 2. The molecule has 0 saturated carbocycles. The van der Waals surface area contributed by atoms with E-state index in [1.54, 1.807) is 25.1 Å². The van der Waals surface area contributed by atoms with Gasteiger partial charge in [0.25, 0.3) is 0 Å². The van der Waals surface area contributed by atoms with Gasteiger partial charge in [0.05, 0.1) is 0 Å². The summed E-state index contributed by atoms with van der Waals surface area (Å²) in [6.45, 7) is 7.59. The molecule has 1 aromatic carbocycles. The maximum Gasteiger partial charge on any atom is 0.242 e. The molecule has 1 rings (SSSR count). The minimum Gasteiger partial charge on any atom is -0.352 e. The number of benzene rings is 1. The summed E-state index contributed by atoms with van der Waals surface area (Å²) in [4.78, 5) is 26.2. The van der Waals surface area contributed by atoms with Crippen molar-refractivity contribution in [2.24, 2.45) is 0 Å². The van der Waals surface area contributed by atoms with Gasteiger partial charge in [-0.3, -0.25) is 9.59 Å². The van der Waals surface area contributed by atoms with Crippen LogP contribution in [0, 0.1) is 5.82 Å². The summed E-state index contributed by atoms with van der Waals surface area (Å²) in [5.41, 5.74) is 0.417. The van der Waals surface area contributed by atoms with Crippen molar-refractivity contribution in [3.05, 3.63) is 35.6 Å². The second kappa shape index (κ2) is 9.28. The van der Waals surface area contributed by atoms with E-state index < -0.39 is 6.04 Å². The van der Waals surface area contributed by atoms with Crippen molar-refractivity contribution in [1.29, 1.82) is 0 Å². The molecule has 0 bridgehead atoms. The van der Waals surface area contributed by atoms with Crippen LogP contribution in [0.3, 0.4) is 0 Å². The predicted octanol–water partition coefficient (Wildman–Crippen LogP) is 3.26. The van der Waals surface area contributed by atoms with E-state index in [1.807, 2.05) is 20.8 Å². The van der Waals surface area contributed by atoms with Crippen molar-refractivity contribution in [2.45, 2.75) is 65.6 Å². The summed E-state index contributed by atoms with van der Waals surface area (Å²) in [5.74, 6) is -0.709. The molecule has 0 spiro atoms. The topological polar surface area (TPSA) is 49.4 Å². The molecule has 0 aromatic heterocycles. The lowest BCUT2D eigenvalue weighted by atomic mass is 10.1. The highest BCUT2D eigenvalue weighted by molar-refractivity contribution is 5.87. The lowest BCUT2D eigenvalue weighted by Gasteiger charge is -2.29. The molecule has 2 unspecified atom stereocenters. The van der Waals surface area contributed by atoms with Crippen LogP contribution in [0.5, 0.6) is 0 Å². The number of amides is 2. The Morgan fingerprint density at radius 2 is 1.87 bits per heavy atom. The molecule has 0 fully saturated rings. The molecule has 1 N–H and O–H groups in total. The zero-order chi connectivity index (χ0) is 17.4. The Morgan fingerprint density at radius 1 is 1.22 bits per heavy atom. The first-order chi connectivity index (χ1) is 10.9. The van der Waals surface area contributed by atoms with Gasteiger partial charge in [0, 0.05) is 24.6 Å². The molecule has 0 aliphatic heterocycles. The summed E-state index contributed by atoms with van der Waals surface area (Å²) in [7, 11) is 0. The molecule has 0 radical (unpaired) electrons. The minimum atomic E-state index is -0.636. The summed E-state index contributed by atoms with van der Waals surface area (Å²) >= 11 is 0. The van der Waals surface area contributed by atoms with E-state index in [0.717, 1.165) is 6.42 Å². The summed E-state index contributed by atoms with van der Waals surface area (Å²) in [6.07, 6.45) is 1.84. The zero-order valence-corrected chi connectivity index (χ0v) is 14.4. The monoisotopic (exact) mass is 322 g/mol. The molecule has 2 atom stereocenters. The van der Waals surface area contributed by atoms with Gasteiger partial charge in [-0.2, -0.15) is 0 Å². The molecule has 0 aliphatic rings. The fraction of sp³-hybridized carbons (Fsp3) is 0.556. The van der Waals surface area contributed by atoms with Crippen LogP contribution >= 0.6 is 0 Å². The van der Waals surface area contributed by atoms with Gasteiger partial charge < -0.3 is 10.2 Å². The Kier molecular flexibility index (Phi) is 7.72.